The van der Waals surface area contributed by atoms with Gasteiger partial charge in [-0.3, -0.25) is 10.1 Å². The first-order valence-corrected chi connectivity index (χ1v) is 7.58. The van der Waals surface area contributed by atoms with Crippen LogP contribution in [0.1, 0.15) is 5.56 Å². The predicted molar refractivity (Wildman–Crippen MR) is 92.2 cm³/mol. The fraction of sp³-hybridized carbons (Fsp3) is 0. The summed E-state index contributed by atoms with van der Waals surface area (Å²) < 4.78 is 4.23. The molecule has 0 fully saturated rings. The molecule has 0 aromatic heterocycles. The first kappa shape index (κ1) is 15.1. The molecule has 0 radical (unpaired) electrons. The zero-order valence-electron chi connectivity index (χ0n) is 11.9. The van der Waals surface area contributed by atoms with E-state index in [2.05, 4.69) is 4.40 Å². The molecular formula is C17H12N2O3S. The van der Waals surface area contributed by atoms with E-state index < -0.39 is 4.92 Å². The van der Waals surface area contributed by atoms with E-state index in [1.807, 2.05) is 30.3 Å². The molecule has 0 unspecified atom stereocenters. The topological polar surface area (TPSA) is 75.7 Å². The van der Waals surface area contributed by atoms with Crippen molar-refractivity contribution in [3.8, 4) is 5.75 Å². The van der Waals surface area contributed by atoms with Crippen LogP contribution in [0.3, 0.4) is 0 Å². The summed E-state index contributed by atoms with van der Waals surface area (Å²) in [7, 11) is 0. The van der Waals surface area contributed by atoms with Crippen LogP contribution in [0.25, 0.3) is 10.8 Å². The lowest BCUT2D eigenvalue weighted by Gasteiger charge is -2.04. The van der Waals surface area contributed by atoms with Crippen LogP contribution in [-0.4, -0.2) is 16.2 Å². The van der Waals surface area contributed by atoms with Gasteiger partial charge in [0, 0.05) is 40.8 Å². The second-order valence-corrected chi connectivity index (χ2v) is 5.66. The van der Waals surface area contributed by atoms with Gasteiger partial charge in [-0.1, -0.05) is 36.4 Å². The number of phenols is 1. The second kappa shape index (κ2) is 6.50. The lowest BCUT2D eigenvalue weighted by atomic mass is 10.0. The van der Waals surface area contributed by atoms with Crippen LogP contribution in [0.5, 0.6) is 5.75 Å². The van der Waals surface area contributed by atoms with Crippen LogP contribution < -0.4 is 0 Å². The molecule has 0 spiro atoms. The van der Waals surface area contributed by atoms with Crippen molar-refractivity contribution in [2.45, 2.75) is 4.90 Å². The van der Waals surface area contributed by atoms with E-state index >= 15 is 0 Å². The Hall–Kier alpha value is -2.86. The molecule has 3 rings (SSSR count). The minimum Gasteiger partial charge on any atom is -0.507 e. The fourth-order valence-corrected chi connectivity index (χ4v) is 2.81. The summed E-state index contributed by atoms with van der Waals surface area (Å²) in [4.78, 5) is 11.0. The average molecular weight is 324 g/mol. The molecule has 1 N–H and O–H groups in total. The third-order valence-corrected chi connectivity index (χ3v) is 3.99. The molecule has 0 aliphatic carbocycles. The number of nitro groups is 1. The van der Waals surface area contributed by atoms with Gasteiger partial charge >= 0.3 is 0 Å². The Morgan fingerprint density at radius 2 is 1.91 bits per heavy atom. The first-order valence-electron chi connectivity index (χ1n) is 6.81. The van der Waals surface area contributed by atoms with Gasteiger partial charge in [0.1, 0.15) is 5.75 Å². The van der Waals surface area contributed by atoms with Crippen LogP contribution >= 0.6 is 11.9 Å². The minimum atomic E-state index is -0.440. The Kier molecular flexibility index (Phi) is 4.25. The van der Waals surface area contributed by atoms with Crippen molar-refractivity contribution < 1.29 is 10.0 Å². The van der Waals surface area contributed by atoms with Crippen molar-refractivity contribution in [3.63, 3.8) is 0 Å². The summed E-state index contributed by atoms with van der Waals surface area (Å²) in [5, 5.41) is 22.7. The Labute approximate surface area is 136 Å². The molecule has 6 heteroatoms. The number of rotatable bonds is 4. The zero-order valence-corrected chi connectivity index (χ0v) is 12.7. The number of nitro benzene ring substituents is 1. The van der Waals surface area contributed by atoms with Gasteiger partial charge in [0.25, 0.3) is 5.69 Å². The summed E-state index contributed by atoms with van der Waals surface area (Å²) in [5.41, 5.74) is 0.652. The Balaban J connectivity index is 1.88. The van der Waals surface area contributed by atoms with Crippen LogP contribution in [0, 0.1) is 10.1 Å². The highest BCUT2D eigenvalue weighted by Gasteiger charge is 2.06. The molecular weight excluding hydrogens is 312 g/mol. The summed E-state index contributed by atoms with van der Waals surface area (Å²) in [5.74, 6) is 0.145. The highest BCUT2D eigenvalue weighted by Crippen LogP contribution is 2.28. The van der Waals surface area contributed by atoms with Gasteiger partial charge in [0.05, 0.1) is 4.92 Å². The maximum atomic E-state index is 10.8. The van der Waals surface area contributed by atoms with Gasteiger partial charge in [-0.2, -0.15) is 0 Å². The molecule has 0 amide bonds. The lowest BCUT2D eigenvalue weighted by Crippen LogP contribution is -1.87. The molecule has 0 atom stereocenters. The second-order valence-electron chi connectivity index (χ2n) is 4.80. The Morgan fingerprint density at radius 3 is 2.74 bits per heavy atom. The number of nitrogens with zero attached hydrogens (tertiary/aromatic N) is 2. The molecule has 23 heavy (non-hydrogen) atoms. The monoisotopic (exact) mass is 324 g/mol. The smallest absolute Gasteiger partial charge is 0.270 e. The number of fused-ring (bicyclic) bond motifs is 1. The van der Waals surface area contributed by atoms with Crippen molar-refractivity contribution >= 4 is 34.6 Å². The van der Waals surface area contributed by atoms with Gasteiger partial charge in [-0.05, 0) is 22.9 Å². The van der Waals surface area contributed by atoms with Gasteiger partial charge in [-0.25, -0.2) is 4.40 Å². The number of aromatic hydroxyl groups is 1. The number of hydrogen-bond acceptors (Lipinski definition) is 5. The van der Waals surface area contributed by atoms with Crippen molar-refractivity contribution in [1.82, 2.24) is 0 Å². The van der Waals surface area contributed by atoms with E-state index in [0.29, 0.717) is 10.5 Å². The fourth-order valence-electron chi connectivity index (χ4n) is 2.21. The third-order valence-electron chi connectivity index (χ3n) is 3.32. The van der Waals surface area contributed by atoms with Crippen molar-refractivity contribution in [3.05, 3.63) is 76.3 Å². The van der Waals surface area contributed by atoms with Crippen molar-refractivity contribution in [1.29, 1.82) is 0 Å². The van der Waals surface area contributed by atoms with Gasteiger partial charge in [0.15, 0.2) is 0 Å². The summed E-state index contributed by atoms with van der Waals surface area (Å²) in [6.45, 7) is 0. The molecule has 0 saturated heterocycles. The van der Waals surface area contributed by atoms with E-state index in [-0.39, 0.29) is 11.4 Å². The molecule has 114 valence electrons. The number of phenolic OH excluding ortho intramolecular Hbond substituents is 1. The van der Waals surface area contributed by atoms with Gasteiger partial charge < -0.3 is 5.11 Å². The number of non-ortho nitro benzene ring substituents is 1. The Morgan fingerprint density at radius 1 is 1.09 bits per heavy atom. The molecule has 0 aliphatic rings. The van der Waals surface area contributed by atoms with Crippen molar-refractivity contribution in [2.75, 3.05) is 0 Å². The van der Waals surface area contributed by atoms with Crippen molar-refractivity contribution in [2.24, 2.45) is 4.40 Å². The molecule has 0 aliphatic heterocycles. The number of hydrogen-bond donors (Lipinski definition) is 1. The molecule has 0 heterocycles. The van der Waals surface area contributed by atoms with Gasteiger partial charge in [-0.15, -0.1) is 0 Å². The largest absolute Gasteiger partial charge is 0.507 e. The molecule has 3 aromatic carbocycles. The summed E-state index contributed by atoms with van der Waals surface area (Å²) >= 11 is 1.12. The summed E-state index contributed by atoms with van der Waals surface area (Å²) in [6, 6.07) is 17.4. The van der Waals surface area contributed by atoms with E-state index in [1.54, 1.807) is 24.4 Å². The molecule has 5 nitrogen and oxygen atoms in total. The molecule has 0 saturated carbocycles. The zero-order chi connectivity index (χ0) is 16.2. The third kappa shape index (κ3) is 3.32. The van der Waals surface area contributed by atoms with E-state index in [4.69, 9.17) is 0 Å². The normalized spacial score (nSPS) is 11.1. The number of benzene rings is 3. The summed E-state index contributed by atoms with van der Waals surface area (Å²) in [6.07, 6.45) is 1.57. The molecule has 0 bridgehead atoms. The van der Waals surface area contributed by atoms with Crippen LogP contribution in [0.2, 0.25) is 0 Å². The first-order chi connectivity index (χ1) is 11.1. The lowest BCUT2D eigenvalue weighted by molar-refractivity contribution is -0.385. The van der Waals surface area contributed by atoms with E-state index in [9.17, 15) is 15.2 Å². The van der Waals surface area contributed by atoms with Crippen LogP contribution in [0.4, 0.5) is 5.69 Å². The highest BCUT2D eigenvalue weighted by atomic mass is 32.2. The standard InChI is InChI=1S/C17H12N2O3S/c20-17-9-8-12-4-1-2-7-15(12)16(17)11-18-23-14-6-3-5-13(10-14)19(21)22/h1-11,20H. The molecule has 3 aromatic rings. The highest BCUT2D eigenvalue weighted by molar-refractivity contribution is 7.98. The van der Waals surface area contributed by atoms with E-state index in [0.717, 1.165) is 22.7 Å². The quantitative estimate of drug-likeness (QED) is 0.330. The maximum Gasteiger partial charge on any atom is 0.270 e. The Bertz CT molecular complexity index is 909. The SMILES string of the molecule is O=[N+]([O-])c1cccc(SN=Cc2c(O)ccc3ccccc23)c1. The van der Waals surface area contributed by atoms with E-state index in [1.165, 1.54) is 12.1 Å². The van der Waals surface area contributed by atoms with Gasteiger partial charge in [0.2, 0.25) is 0 Å². The van der Waals surface area contributed by atoms with Crippen LogP contribution in [-0.2, 0) is 0 Å². The predicted octanol–water partition coefficient (Wildman–Crippen LogP) is 4.58. The maximum absolute atomic E-state index is 10.8. The van der Waals surface area contributed by atoms with Crippen LogP contribution in [0.15, 0.2) is 70.0 Å². The average Bonchev–Trinajstić information content (AvgIpc) is 2.57. The minimum absolute atomic E-state index is 0.0261.